The zero-order chi connectivity index (χ0) is 8.97. The summed E-state index contributed by atoms with van der Waals surface area (Å²) < 4.78 is 4.76. The minimum Gasteiger partial charge on any atom is -0.425 e. The Morgan fingerprint density at radius 3 is 2.92 bits per heavy atom. The molecule has 0 spiro atoms. The molecule has 0 saturated heterocycles. The first-order chi connectivity index (χ1) is 5.72. The second-order valence-electron chi connectivity index (χ2n) is 2.45. The van der Waals surface area contributed by atoms with Crippen LogP contribution in [-0.4, -0.2) is 17.7 Å². The van der Waals surface area contributed by atoms with Gasteiger partial charge in [-0.05, 0) is 24.6 Å². The minimum absolute atomic E-state index is 0.467. The Hall–Kier alpha value is -1.35. The highest BCUT2D eigenvalue weighted by Gasteiger charge is 2.00. The predicted octanol–water partition coefficient (Wildman–Crippen LogP) is 0.893. The topological polar surface area (TPSA) is 46.5 Å². The second-order valence-corrected chi connectivity index (χ2v) is 2.45. The number of rotatable bonds is 2. The molecule has 1 rings (SSSR count). The molecule has 1 N–H and O–H groups in total. The normalized spacial score (nSPS) is 9.50. The number of hydrogen-bond donors (Lipinski definition) is 1. The standard InChI is InChI=1S/C9H10O3/c1-7-3-2-4-8(5-7)12-9(11)6-10/h2-5,10H,6H2,1H3. The van der Waals surface area contributed by atoms with E-state index in [1.807, 2.05) is 13.0 Å². The number of aryl methyl sites for hydroxylation is 1. The third-order valence-electron chi connectivity index (χ3n) is 1.35. The van der Waals surface area contributed by atoms with Crippen LogP contribution in [0, 0.1) is 6.92 Å². The van der Waals surface area contributed by atoms with E-state index in [4.69, 9.17) is 9.84 Å². The van der Waals surface area contributed by atoms with E-state index in [0.29, 0.717) is 5.75 Å². The number of hydrogen-bond acceptors (Lipinski definition) is 3. The molecule has 1 aromatic carbocycles. The van der Waals surface area contributed by atoms with Crippen molar-refractivity contribution in [2.45, 2.75) is 6.92 Å². The third kappa shape index (κ3) is 2.36. The van der Waals surface area contributed by atoms with E-state index in [9.17, 15) is 4.79 Å². The molecule has 3 nitrogen and oxygen atoms in total. The molecule has 0 saturated carbocycles. The molecular weight excluding hydrogens is 156 g/mol. The fraction of sp³-hybridized carbons (Fsp3) is 0.222. The Morgan fingerprint density at radius 1 is 1.58 bits per heavy atom. The highest BCUT2D eigenvalue weighted by atomic mass is 16.5. The summed E-state index contributed by atoms with van der Waals surface area (Å²) in [6.45, 7) is 1.31. The molecule has 0 aliphatic carbocycles. The van der Waals surface area contributed by atoms with E-state index in [1.54, 1.807) is 18.2 Å². The molecule has 0 radical (unpaired) electrons. The maximum absolute atomic E-state index is 10.6. The van der Waals surface area contributed by atoms with Gasteiger partial charge in [-0.1, -0.05) is 12.1 Å². The summed E-state index contributed by atoms with van der Waals surface area (Å²) in [5, 5.41) is 8.39. The van der Waals surface area contributed by atoms with E-state index >= 15 is 0 Å². The number of carbonyl (C=O) groups is 1. The van der Waals surface area contributed by atoms with Gasteiger partial charge in [-0.3, -0.25) is 0 Å². The maximum Gasteiger partial charge on any atom is 0.337 e. The summed E-state index contributed by atoms with van der Waals surface area (Å²) in [6.07, 6.45) is 0. The lowest BCUT2D eigenvalue weighted by Crippen LogP contribution is -2.11. The van der Waals surface area contributed by atoms with Gasteiger partial charge in [0.1, 0.15) is 12.4 Å². The summed E-state index contributed by atoms with van der Waals surface area (Å²) in [5.41, 5.74) is 1.01. The van der Waals surface area contributed by atoms with Crippen molar-refractivity contribution in [3.8, 4) is 5.75 Å². The first kappa shape index (κ1) is 8.74. The van der Waals surface area contributed by atoms with Gasteiger partial charge in [0.15, 0.2) is 0 Å². The molecule has 0 aromatic heterocycles. The van der Waals surface area contributed by atoms with Crippen LogP contribution in [0.2, 0.25) is 0 Å². The van der Waals surface area contributed by atoms with Crippen LogP contribution >= 0.6 is 0 Å². The quantitative estimate of drug-likeness (QED) is 0.524. The molecule has 0 amide bonds. The van der Waals surface area contributed by atoms with Crippen LogP contribution in [0.15, 0.2) is 24.3 Å². The van der Waals surface area contributed by atoms with Gasteiger partial charge in [-0.2, -0.15) is 0 Å². The van der Waals surface area contributed by atoms with E-state index in [0.717, 1.165) is 5.56 Å². The first-order valence-electron chi connectivity index (χ1n) is 3.60. The van der Waals surface area contributed by atoms with Crippen molar-refractivity contribution >= 4 is 5.97 Å². The lowest BCUT2D eigenvalue weighted by Gasteiger charge is -2.01. The molecule has 1 aromatic rings. The summed E-state index contributed by atoms with van der Waals surface area (Å²) in [6, 6.07) is 7.08. The highest BCUT2D eigenvalue weighted by molar-refractivity contribution is 5.73. The molecule has 12 heavy (non-hydrogen) atoms. The van der Waals surface area contributed by atoms with Gasteiger partial charge in [0.05, 0.1) is 0 Å². The summed E-state index contributed by atoms with van der Waals surface area (Å²) in [4.78, 5) is 10.6. The Labute approximate surface area is 70.6 Å². The monoisotopic (exact) mass is 166 g/mol. The lowest BCUT2D eigenvalue weighted by atomic mass is 10.2. The molecular formula is C9H10O3. The smallest absolute Gasteiger partial charge is 0.337 e. The van der Waals surface area contributed by atoms with Crippen LogP contribution in [0.3, 0.4) is 0 Å². The largest absolute Gasteiger partial charge is 0.425 e. The van der Waals surface area contributed by atoms with Crippen LogP contribution in [0.4, 0.5) is 0 Å². The Balaban J connectivity index is 2.69. The molecule has 0 atom stereocenters. The van der Waals surface area contributed by atoms with E-state index in [1.165, 1.54) is 0 Å². The molecule has 0 aliphatic rings. The molecule has 0 bridgehead atoms. The summed E-state index contributed by atoms with van der Waals surface area (Å²) in [5.74, 6) is -0.172. The first-order valence-corrected chi connectivity index (χ1v) is 3.60. The van der Waals surface area contributed by atoms with Crippen molar-refractivity contribution in [2.75, 3.05) is 6.61 Å². The molecule has 0 aliphatic heterocycles. The van der Waals surface area contributed by atoms with Crippen LogP contribution in [0.1, 0.15) is 5.56 Å². The van der Waals surface area contributed by atoms with Gasteiger partial charge in [0.2, 0.25) is 0 Å². The SMILES string of the molecule is Cc1cccc(OC(=O)CO)c1. The highest BCUT2D eigenvalue weighted by Crippen LogP contribution is 2.11. The second kappa shape index (κ2) is 3.88. The average Bonchev–Trinajstić information content (AvgIpc) is 2.04. The summed E-state index contributed by atoms with van der Waals surface area (Å²) in [7, 11) is 0. The number of aliphatic hydroxyl groups excluding tert-OH is 1. The fourth-order valence-electron chi connectivity index (χ4n) is 0.843. The zero-order valence-corrected chi connectivity index (χ0v) is 6.78. The molecule has 3 heteroatoms. The van der Waals surface area contributed by atoms with Gasteiger partial charge in [-0.25, -0.2) is 4.79 Å². The van der Waals surface area contributed by atoms with E-state index in [-0.39, 0.29) is 0 Å². The van der Waals surface area contributed by atoms with Crippen molar-refractivity contribution in [3.63, 3.8) is 0 Å². The van der Waals surface area contributed by atoms with Gasteiger partial charge in [0, 0.05) is 0 Å². The van der Waals surface area contributed by atoms with Crippen molar-refractivity contribution in [1.29, 1.82) is 0 Å². The zero-order valence-electron chi connectivity index (χ0n) is 6.78. The number of benzene rings is 1. The number of esters is 1. The van der Waals surface area contributed by atoms with Crippen LogP contribution in [-0.2, 0) is 4.79 Å². The molecule has 0 fully saturated rings. The Morgan fingerprint density at radius 2 is 2.33 bits per heavy atom. The molecule has 0 heterocycles. The predicted molar refractivity (Wildman–Crippen MR) is 43.9 cm³/mol. The number of carbonyl (C=O) groups excluding carboxylic acids is 1. The fourth-order valence-corrected chi connectivity index (χ4v) is 0.843. The minimum atomic E-state index is -0.638. The number of aliphatic hydroxyl groups is 1. The summed E-state index contributed by atoms with van der Waals surface area (Å²) >= 11 is 0. The number of ether oxygens (including phenoxy) is 1. The van der Waals surface area contributed by atoms with E-state index in [2.05, 4.69) is 0 Å². The van der Waals surface area contributed by atoms with Crippen molar-refractivity contribution < 1.29 is 14.6 Å². The van der Waals surface area contributed by atoms with Crippen LogP contribution < -0.4 is 4.74 Å². The van der Waals surface area contributed by atoms with Crippen molar-refractivity contribution in [3.05, 3.63) is 29.8 Å². The Kier molecular flexibility index (Phi) is 2.82. The van der Waals surface area contributed by atoms with Crippen LogP contribution in [0.25, 0.3) is 0 Å². The maximum atomic E-state index is 10.6. The van der Waals surface area contributed by atoms with Gasteiger partial charge in [0.25, 0.3) is 0 Å². The van der Waals surface area contributed by atoms with Gasteiger partial charge >= 0.3 is 5.97 Å². The van der Waals surface area contributed by atoms with Gasteiger partial charge in [-0.15, -0.1) is 0 Å². The molecule has 64 valence electrons. The Bertz CT molecular complexity index is 281. The average molecular weight is 166 g/mol. The van der Waals surface area contributed by atoms with Crippen LogP contribution in [0.5, 0.6) is 5.75 Å². The lowest BCUT2D eigenvalue weighted by molar-refractivity contribution is -0.137. The van der Waals surface area contributed by atoms with E-state index < -0.39 is 12.6 Å². The van der Waals surface area contributed by atoms with Crippen molar-refractivity contribution in [1.82, 2.24) is 0 Å². The third-order valence-corrected chi connectivity index (χ3v) is 1.35. The van der Waals surface area contributed by atoms with Gasteiger partial charge < -0.3 is 9.84 Å². The molecule has 0 unspecified atom stereocenters. The van der Waals surface area contributed by atoms with Crippen molar-refractivity contribution in [2.24, 2.45) is 0 Å².